The maximum absolute atomic E-state index is 9.28. The van der Waals surface area contributed by atoms with Crippen molar-refractivity contribution in [2.75, 3.05) is 5.43 Å². The smallest absolute Gasteiger partial charge is 0.115 e. The molecule has 0 aromatic heterocycles. The second-order valence-electron chi connectivity index (χ2n) is 3.51. The lowest BCUT2D eigenvalue weighted by Crippen LogP contribution is -2.20. The normalized spacial score (nSPS) is 10.0. The highest BCUT2D eigenvalue weighted by Gasteiger charge is 1.93. The lowest BCUT2D eigenvalue weighted by atomic mass is 10.2. The van der Waals surface area contributed by atoms with Gasteiger partial charge >= 0.3 is 0 Å². The summed E-state index contributed by atoms with van der Waals surface area (Å²) >= 11 is 0. The molecule has 3 heteroatoms. The predicted octanol–water partition coefficient (Wildman–Crippen LogP) is 2.51. The Morgan fingerprint density at radius 3 is 2.50 bits per heavy atom. The predicted molar refractivity (Wildman–Crippen MR) is 65.0 cm³/mol. The van der Waals surface area contributed by atoms with Crippen molar-refractivity contribution >= 4 is 5.69 Å². The molecule has 0 aliphatic rings. The molecule has 0 heterocycles. The molecule has 16 heavy (non-hydrogen) atoms. The summed E-state index contributed by atoms with van der Waals surface area (Å²) in [5, 5.41) is 9.28. The molecule has 0 saturated heterocycles. The highest BCUT2D eigenvalue weighted by Crippen LogP contribution is 2.10. The molecular formula is C13H14N2O. The number of nitrogens with one attached hydrogen (secondary N) is 2. The second kappa shape index (κ2) is 5.19. The van der Waals surface area contributed by atoms with E-state index in [0.717, 1.165) is 11.3 Å². The minimum absolute atomic E-state index is 0.291. The highest BCUT2D eigenvalue weighted by atomic mass is 16.3. The Balaban J connectivity index is 1.85. The molecule has 2 aromatic rings. The van der Waals surface area contributed by atoms with Crippen LogP contribution in [-0.4, -0.2) is 5.11 Å². The van der Waals surface area contributed by atoms with Gasteiger partial charge in [0.1, 0.15) is 5.75 Å². The highest BCUT2D eigenvalue weighted by molar-refractivity contribution is 5.41. The Morgan fingerprint density at radius 1 is 0.938 bits per heavy atom. The molecule has 0 aliphatic heterocycles. The number of hydrogen-bond donors (Lipinski definition) is 3. The van der Waals surface area contributed by atoms with Crippen molar-refractivity contribution in [1.82, 2.24) is 5.43 Å². The maximum atomic E-state index is 9.28. The molecule has 3 nitrogen and oxygen atoms in total. The van der Waals surface area contributed by atoms with Gasteiger partial charge in [0, 0.05) is 12.2 Å². The summed E-state index contributed by atoms with van der Waals surface area (Å²) in [6.07, 6.45) is 0. The molecule has 0 radical (unpaired) electrons. The topological polar surface area (TPSA) is 44.3 Å². The molecule has 2 aromatic carbocycles. The Morgan fingerprint density at radius 2 is 1.75 bits per heavy atom. The van der Waals surface area contributed by atoms with E-state index in [0.29, 0.717) is 12.3 Å². The van der Waals surface area contributed by atoms with Gasteiger partial charge in [-0.1, -0.05) is 30.3 Å². The largest absolute Gasteiger partial charge is 0.508 e. The van der Waals surface area contributed by atoms with Crippen LogP contribution >= 0.6 is 0 Å². The van der Waals surface area contributed by atoms with Gasteiger partial charge in [-0.2, -0.15) is 0 Å². The number of phenols is 1. The van der Waals surface area contributed by atoms with E-state index in [4.69, 9.17) is 0 Å². The molecule has 0 saturated carbocycles. The van der Waals surface area contributed by atoms with Gasteiger partial charge in [-0.25, -0.2) is 5.43 Å². The molecule has 0 unspecified atom stereocenters. The first-order valence-electron chi connectivity index (χ1n) is 5.16. The van der Waals surface area contributed by atoms with Crippen molar-refractivity contribution in [1.29, 1.82) is 0 Å². The van der Waals surface area contributed by atoms with Gasteiger partial charge in [-0.05, 0) is 29.8 Å². The van der Waals surface area contributed by atoms with Crippen molar-refractivity contribution in [3.05, 3.63) is 60.2 Å². The molecule has 0 spiro atoms. The zero-order valence-electron chi connectivity index (χ0n) is 8.85. The number of aromatic hydroxyl groups is 1. The number of hydrazine groups is 1. The summed E-state index contributed by atoms with van der Waals surface area (Å²) in [6.45, 7) is 0.656. The first kappa shape index (κ1) is 10.5. The van der Waals surface area contributed by atoms with E-state index < -0.39 is 0 Å². The molecule has 0 amide bonds. The minimum atomic E-state index is 0.291. The Kier molecular flexibility index (Phi) is 3.41. The van der Waals surface area contributed by atoms with Gasteiger partial charge in [0.2, 0.25) is 0 Å². The summed E-state index contributed by atoms with van der Waals surface area (Å²) in [4.78, 5) is 0. The molecule has 0 bridgehead atoms. The summed E-state index contributed by atoms with van der Waals surface area (Å²) in [5.41, 5.74) is 8.21. The minimum Gasteiger partial charge on any atom is -0.508 e. The van der Waals surface area contributed by atoms with E-state index in [1.807, 2.05) is 42.5 Å². The third-order valence-corrected chi connectivity index (χ3v) is 2.21. The van der Waals surface area contributed by atoms with Gasteiger partial charge in [-0.3, -0.25) is 0 Å². The summed E-state index contributed by atoms with van der Waals surface area (Å²) in [7, 11) is 0. The van der Waals surface area contributed by atoms with Crippen LogP contribution in [0, 0.1) is 0 Å². The summed E-state index contributed by atoms with van der Waals surface area (Å²) in [5.74, 6) is 0.291. The zero-order valence-corrected chi connectivity index (χ0v) is 8.85. The van der Waals surface area contributed by atoms with Crippen LogP contribution < -0.4 is 10.9 Å². The average Bonchev–Trinajstić information content (AvgIpc) is 2.30. The van der Waals surface area contributed by atoms with Crippen molar-refractivity contribution in [2.24, 2.45) is 0 Å². The van der Waals surface area contributed by atoms with Gasteiger partial charge < -0.3 is 10.5 Å². The number of phenolic OH excluding ortho intramolecular Hbond substituents is 1. The van der Waals surface area contributed by atoms with E-state index in [9.17, 15) is 5.11 Å². The standard InChI is InChI=1S/C13H14N2O/c16-13-8-4-5-11(9-13)10-14-15-12-6-2-1-3-7-12/h1-9,14-16H,10H2. The first-order valence-corrected chi connectivity index (χ1v) is 5.16. The summed E-state index contributed by atoms with van der Waals surface area (Å²) < 4.78 is 0. The number of rotatable bonds is 4. The fourth-order valence-corrected chi connectivity index (χ4v) is 1.44. The Labute approximate surface area is 94.7 Å². The molecular weight excluding hydrogens is 200 g/mol. The summed E-state index contributed by atoms with van der Waals surface area (Å²) in [6, 6.07) is 17.1. The molecule has 0 fully saturated rings. The number of para-hydroxylation sites is 1. The third-order valence-electron chi connectivity index (χ3n) is 2.21. The number of benzene rings is 2. The molecule has 0 atom stereocenters. The molecule has 0 aliphatic carbocycles. The number of hydrogen-bond acceptors (Lipinski definition) is 3. The monoisotopic (exact) mass is 214 g/mol. The van der Waals surface area contributed by atoms with Crippen LogP contribution in [0.4, 0.5) is 5.69 Å². The van der Waals surface area contributed by atoms with Crippen LogP contribution in [-0.2, 0) is 6.54 Å². The van der Waals surface area contributed by atoms with E-state index in [-0.39, 0.29) is 0 Å². The second-order valence-corrected chi connectivity index (χ2v) is 3.51. The van der Waals surface area contributed by atoms with E-state index in [1.165, 1.54) is 0 Å². The first-order chi connectivity index (χ1) is 7.84. The van der Waals surface area contributed by atoms with Crippen LogP contribution in [0.1, 0.15) is 5.56 Å². The van der Waals surface area contributed by atoms with E-state index >= 15 is 0 Å². The van der Waals surface area contributed by atoms with Crippen molar-refractivity contribution < 1.29 is 5.11 Å². The SMILES string of the molecule is Oc1cccc(CNNc2ccccc2)c1. The fourth-order valence-electron chi connectivity index (χ4n) is 1.44. The quantitative estimate of drug-likeness (QED) is 0.685. The van der Waals surface area contributed by atoms with Crippen molar-refractivity contribution in [2.45, 2.75) is 6.54 Å². The van der Waals surface area contributed by atoms with E-state index in [2.05, 4.69) is 10.9 Å². The Hall–Kier alpha value is -2.00. The fraction of sp³-hybridized carbons (Fsp3) is 0.0769. The zero-order chi connectivity index (χ0) is 11.2. The van der Waals surface area contributed by atoms with Crippen LogP contribution in [0.5, 0.6) is 5.75 Å². The van der Waals surface area contributed by atoms with Crippen LogP contribution in [0.3, 0.4) is 0 Å². The van der Waals surface area contributed by atoms with Gasteiger partial charge in [0.05, 0.1) is 0 Å². The van der Waals surface area contributed by atoms with Crippen LogP contribution in [0.2, 0.25) is 0 Å². The molecule has 3 N–H and O–H groups in total. The molecule has 82 valence electrons. The van der Waals surface area contributed by atoms with Crippen LogP contribution in [0.25, 0.3) is 0 Å². The van der Waals surface area contributed by atoms with E-state index in [1.54, 1.807) is 12.1 Å². The van der Waals surface area contributed by atoms with Crippen molar-refractivity contribution in [3.63, 3.8) is 0 Å². The van der Waals surface area contributed by atoms with Gasteiger partial charge in [0.15, 0.2) is 0 Å². The maximum Gasteiger partial charge on any atom is 0.115 e. The average molecular weight is 214 g/mol. The Bertz CT molecular complexity index is 443. The lowest BCUT2D eigenvalue weighted by Gasteiger charge is -2.08. The molecule has 2 rings (SSSR count). The lowest BCUT2D eigenvalue weighted by molar-refractivity contribution is 0.474. The van der Waals surface area contributed by atoms with Crippen LogP contribution in [0.15, 0.2) is 54.6 Å². The van der Waals surface area contributed by atoms with Gasteiger partial charge in [0.25, 0.3) is 0 Å². The third kappa shape index (κ3) is 3.00. The number of anilines is 1. The van der Waals surface area contributed by atoms with Gasteiger partial charge in [-0.15, -0.1) is 0 Å². The van der Waals surface area contributed by atoms with Crippen molar-refractivity contribution in [3.8, 4) is 5.75 Å².